The molecule has 1 aromatic carbocycles. The number of rotatable bonds is 4. The zero-order chi connectivity index (χ0) is 21.2. The van der Waals surface area contributed by atoms with Gasteiger partial charge in [-0.2, -0.15) is 0 Å². The van der Waals surface area contributed by atoms with E-state index >= 15 is 4.39 Å². The van der Waals surface area contributed by atoms with E-state index in [4.69, 9.17) is 15.5 Å². The molecule has 2 aromatic heterocycles. The molecule has 0 bridgehead atoms. The van der Waals surface area contributed by atoms with Crippen LogP contribution in [0.3, 0.4) is 0 Å². The Morgan fingerprint density at radius 3 is 2.52 bits per heavy atom. The Kier molecular flexibility index (Phi) is 5.65. The van der Waals surface area contributed by atoms with Crippen LogP contribution in [0, 0.1) is 11.7 Å². The van der Waals surface area contributed by atoms with Gasteiger partial charge in [0.05, 0.1) is 30.1 Å². The molecule has 0 saturated carbocycles. The lowest BCUT2D eigenvalue weighted by molar-refractivity contribution is 0.122. The molecular weight excluding hydrogens is 395 g/mol. The van der Waals surface area contributed by atoms with Crippen LogP contribution in [0.15, 0.2) is 36.7 Å². The minimum absolute atomic E-state index is 0.245. The Balaban J connectivity index is 1.51. The minimum atomic E-state index is -0.245. The number of halogens is 1. The number of pyridine rings is 1. The molecular formula is C23H27FN6O. The number of nitrogens with two attached hydrogens (primary N) is 1. The van der Waals surface area contributed by atoms with E-state index in [-0.39, 0.29) is 5.82 Å². The molecule has 0 spiro atoms. The third-order valence-electron chi connectivity index (χ3n) is 6.28. The molecule has 0 amide bonds. The van der Waals surface area contributed by atoms with E-state index in [1.165, 1.54) is 0 Å². The van der Waals surface area contributed by atoms with Gasteiger partial charge in [0.2, 0.25) is 0 Å². The maximum Gasteiger partial charge on any atom is 0.157 e. The number of hydrogen-bond donors (Lipinski definition) is 1. The van der Waals surface area contributed by atoms with Crippen LogP contribution in [-0.2, 0) is 4.74 Å². The van der Waals surface area contributed by atoms with Crippen LogP contribution in [-0.4, -0.2) is 60.9 Å². The number of ether oxygens (including phenoxy) is 1. The summed E-state index contributed by atoms with van der Waals surface area (Å²) < 4.78 is 20.4. The molecule has 3 aromatic rings. The molecule has 2 fully saturated rings. The summed E-state index contributed by atoms with van der Waals surface area (Å²) in [7, 11) is 0. The SMILES string of the molecule is NCC1CCN(c2nc(-c3ccc(N4CCOCC4)c(F)c3)cc3nccnc23)CC1. The van der Waals surface area contributed by atoms with E-state index in [1.54, 1.807) is 18.5 Å². The number of morpholine rings is 1. The van der Waals surface area contributed by atoms with Crippen LogP contribution >= 0.6 is 0 Å². The van der Waals surface area contributed by atoms with E-state index < -0.39 is 0 Å². The normalized spacial score (nSPS) is 18.0. The van der Waals surface area contributed by atoms with Crippen molar-refractivity contribution in [1.82, 2.24) is 15.0 Å². The first kappa shape index (κ1) is 20.1. The molecule has 2 saturated heterocycles. The number of nitrogens with zero attached hydrogens (tertiary/aromatic N) is 5. The Bertz CT molecular complexity index is 1060. The van der Waals surface area contributed by atoms with Crippen LogP contribution < -0.4 is 15.5 Å². The summed E-state index contributed by atoms with van der Waals surface area (Å²) in [5, 5.41) is 0. The van der Waals surface area contributed by atoms with Gasteiger partial charge in [-0.05, 0) is 43.5 Å². The predicted octanol–water partition coefficient (Wildman–Crippen LogP) is 2.84. The fourth-order valence-corrected chi connectivity index (χ4v) is 4.43. The lowest BCUT2D eigenvalue weighted by atomic mass is 9.97. The van der Waals surface area contributed by atoms with Crippen molar-refractivity contribution >= 4 is 22.5 Å². The molecule has 2 aliphatic heterocycles. The standard InChI is InChI=1S/C23H27FN6O/c24-18-13-17(1-2-21(18)29-9-11-31-12-10-29)19-14-20-22(27-6-5-26-20)23(28-19)30-7-3-16(15-25)4-8-30/h1-2,5-6,13-14,16H,3-4,7-12,15,25H2. The third-order valence-corrected chi connectivity index (χ3v) is 6.28. The third kappa shape index (κ3) is 4.05. The van der Waals surface area contributed by atoms with Crippen molar-refractivity contribution in [3.8, 4) is 11.3 Å². The lowest BCUT2D eigenvalue weighted by Crippen LogP contribution is -2.36. The zero-order valence-corrected chi connectivity index (χ0v) is 17.5. The van der Waals surface area contributed by atoms with E-state index in [0.29, 0.717) is 43.6 Å². The fourth-order valence-electron chi connectivity index (χ4n) is 4.43. The van der Waals surface area contributed by atoms with Crippen molar-refractivity contribution in [2.24, 2.45) is 11.7 Å². The van der Waals surface area contributed by atoms with Crippen molar-refractivity contribution in [3.05, 3.63) is 42.5 Å². The minimum Gasteiger partial charge on any atom is -0.378 e. The Labute approximate surface area is 181 Å². The van der Waals surface area contributed by atoms with E-state index in [0.717, 1.165) is 54.9 Å². The summed E-state index contributed by atoms with van der Waals surface area (Å²) in [5.41, 5.74) is 9.45. The van der Waals surface area contributed by atoms with Crippen molar-refractivity contribution in [1.29, 1.82) is 0 Å². The number of piperidine rings is 1. The molecule has 8 heteroatoms. The van der Waals surface area contributed by atoms with Gasteiger partial charge in [0.1, 0.15) is 11.3 Å². The summed E-state index contributed by atoms with van der Waals surface area (Å²) in [6, 6.07) is 7.23. The number of benzene rings is 1. The number of aromatic nitrogens is 3. The average Bonchev–Trinajstić information content (AvgIpc) is 2.84. The molecule has 5 rings (SSSR count). The van der Waals surface area contributed by atoms with Gasteiger partial charge in [0, 0.05) is 44.1 Å². The van der Waals surface area contributed by atoms with Crippen LogP contribution in [0.25, 0.3) is 22.3 Å². The van der Waals surface area contributed by atoms with E-state index in [9.17, 15) is 0 Å². The van der Waals surface area contributed by atoms with Gasteiger partial charge < -0.3 is 20.3 Å². The van der Waals surface area contributed by atoms with Crippen molar-refractivity contribution in [3.63, 3.8) is 0 Å². The Hall–Kier alpha value is -2.84. The largest absolute Gasteiger partial charge is 0.378 e. The molecule has 0 unspecified atom stereocenters. The number of fused-ring (bicyclic) bond motifs is 1. The number of anilines is 2. The summed E-state index contributed by atoms with van der Waals surface area (Å²) in [5.74, 6) is 1.12. The van der Waals surface area contributed by atoms with Gasteiger partial charge in [0.25, 0.3) is 0 Å². The molecule has 2 aliphatic rings. The first-order valence-electron chi connectivity index (χ1n) is 10.9. The van der Waals surface area contributed by atoms with Crippen LogP contribution in [0.4, 0.5) is 15.9 Å². The molecule has 0 atom stereocenters. The number of hydrogen-bond acceptors (Lipinski definition) is 7. The fraction of sp³-hybridized carbons (Fsp3) is 0.435. The van der Waals surface area contributed by atoms with E-state index in [2.05, 4.69) is 14.9 Å². The average molecular weight is 423 g/mol. The van der Waals surface area contributed by atoms with Gasteiger partial charge in [0.15, 0.2) is 5.82 Å². The van der Waals surface area contributed by atoms with Crippen molar-refractivity contribution < 1.29 is 9.13 Å². The van der Waals surface area contributed by atoms with Crippen molar-refractivity contribution in [2.45, 2.75) is 12.8 Å². The predicted molar refractivity (Wildman–Crippen MR) is 120 cm³/mol. The van der Waals surface area contributed by atoms with Gasteiger partial charge >= 0.3 is 0 Å². The molecule has 2 N–H and O–H groups in total. The van der Waals surface area contributed by atoms with E-state index in [1.807, 2.05) is 23.1 Å². The highest BCUT2D eigenvalue weighted by Gasteiger charge is 2.23. The molecule has 0 aliphatic carbocycles. The Morgan fingerprint density at radius 1 is 1.00 bits per heavy atom. The quantitative estimate of drug-likeness (QED) is 0.692. The Morgan fingerprint density at radius 2 is 1.77 bits per heavy atom. The highest BCUT2D eigenvalue weighted by molar-refractivity contribution is 5.89. The second-order valence-corrected chi connectivity index (χ2v) is 8.19. The molecule has 4 heterocycles. The second-order valence-electron chi connectivity index (χ2n) is 8.19. The zero-order valence-electron chi connectivity index (χ0n) is 17.5. The van der Waals surface area contributed by atoms with Gasteiger partial charge in [-0.15, -0.1) is 0 Å². The smallest absolute Gasteiger partial charge is 0.157 e. The van der Waals surface area contributed by atoms with Crippen molar-refractivity contribution in [2.75, 3.05) is 55.7 Å². The molecule has 162 valence electrons. The molecule has 0 radical (unpaired) electrons. The van der Waals surface area contributed by atoms with Gasteiger partial charge in [-0.1, -0.05) is 6.07 Å². The summed E-state index contributed by atoms with van der Waals surface area (Å²) >= 11 is 0. The topological polar surface area (TPSA) is 80.4 Å². The lowest BCUT2D eigenvalue weighted by Gasteiger charge is -2.32. The summed E-state index contributed by atoms with van der Waals surface area (Å²) in [6.45, 7) is 5.12. The summed E-state index contributed by atoms with van der Waals surface area (Å²) in [6.07, 6.45) is 5.44. The van der Waals surface area contributed by atoms with Crippen LogP contribution in [0.1, 0.15) is 12.8 Å². The monoisotopic (exact) mass is 422 g/mol. The van der Waals surface area contributed by atoms with Gasteiger partial charge in [-0.25, -0.2) is 14.4 Å². The highest BCUT2D eigenvalue weighted by Crippen LogP contribution is 2.32. The summed E-state index contributed by atoms with van der Waals surface area (Å²) in [4.78, 5) is 18.2. The van der Waals surface area contributed by atoms with Crippen LogP contribution in [0.2, 0.25) is 0 Å². The maximum atomic E-state index is 15.0. The van der Waals surface area contributed by atoms with Gasteiger partial charge in [-0.3, -0.25) is 4.98 Å². The molecule has 31 heavy (non-hydrogen) atoms. The highest BCUT2D eigenvalue weighted by atomic mass is 19.1. The first-order chi connectivity index (χ1) is 15.2. The maximum absolute atomic E-state index is 15.0. The second kappa shape index (κ2) is 8.72. The molecule has 7 nitrogen and oxygen atoms in total. The first-order valence-corrected chi connectivity index (χ1v) is 10.9. The van der Waals surface area contributed by atoms with Crippen LogP contribution in [0.5, 0.6) is 0 Å².